The summed E-state index contributed by atoms with van der Waals surface area (Å²) in [4.78, 5) is 8.34. The van der Waals surface area contributed by atoms with Crippen LogP contribution in [0.3, 0.4) is 0 Å². The molecule has 0 fully saturated rings. The zero-order valence-corrected chi connectivity index (χ0v) is 14.2. The lowest BCUT2D eigenvalue weighted by atomic mass is 10.4. The van der Waals surface area contributed by atoms with Gasteiger partial charge in [-0.15, -0.1) is 30.6 Å². The van der Waals surface area contributed by atoms with E-state index in [2.05, 4.69) is 66.7 Å². The van der Waals surface area contributed by atoms with Crippen molar-refractivity contribution in [1.82, 2.24) is 56.1 Å². The van der Waals surface area contributed by atoms with Crippen LogP contribution in [0.15, 0.2) is 0 Å². The van der Waals surface area contributed by atoms with Gasteiger partial charge in [-0.05, 0) is 14.0 Å². The van der Waals surface area contributed by atoms with Crippen LogP contribution in [0.5, 0.6) is 0 Å². The molecule has 14 nitrogen and oxygen atoms in total. The Hall–Kier alpha value is -3.55. The summed E-state index contributed by atoms with van der Waals surface area (Å²) in [5, 5.41) is 45.6. The first kappa shape index (κ1) is 17.3. The molecule has 0 unspecified atom stereocenters. The monoisotopic (exact) mass is 358 g/mol. The summed E-state index contributed by atoms with van der Waals surface area (Å²) in [6, 6.07) is 0. The first-order valence-electron chi connectivity index (χ1n) is 7.70. The zero-order chi connectivity index (χ0) is 18.4. The Morgan fingerprint density at radius 3 is 2.42 bits per heavy atom. The van der Waals surface area contributed by atoms with Crippen molar-refractivity contribution >= 4 is 23.6 Å². The molecule has 0 spiro atoms. The smallest absolute Gasteiger partial charge is 0.268 e. The fourth-order valence-electron chi connectivity index (χ4n) is 1.93. The van der Waals surface area contributed by atoms with Crippen LogP contribution in [0.1, 0.15) is 17.5 Å². The summed E-state index contributed by atoms with van der Waals surface area (Å²) in [5.41, 5.74) is 0.500. The molecule has 0 aliphatic heterocycles. The first-order valence-corrected chi connectivity index (χ1v) is 7.70. The quantitative estimate of drug-likeness (QED) is 0.251. The van der Waals surface area contributed by atoms with Crippen LogP contribution in [-0.2, 0) is 6.42 Å². The summed E-state index contributed by atoms with van der Waals surface area (Å²) in [7, 11) is 1.79. The molecule has 0 aromatic carbocycles. The lowest BCUT2D eigenvalue weighted by molar-refractivity contribution is 0.768. The van der Waals surface area contributed by atoms with Crippen LogP contribution in [0, 0.1) is 12.3 Å². The standard InChI is InChI=1S/C12H18N14/c1-6-16-11(24-19-6)18-12-25-21-9(22-26-12)3-8-17-10(23-20-8)15-5-7(13)4-14-2/h13-14H,3-5H2,1-2H3,(H2,15,17,20,23)(H2,16,18,19,24,25,26). The minimum absolute atomic E-state index is 0.190. The van der Waals surface area contributed by atoms with E-state index in [9.17, 15) is 0 Å². The highest BCUT2D eigenvalue weighted by Gasteiger charge is 2.09. The maximum absolute atomic E-state index is 7.68. The summed E-state index contributed by atoms with van der Waals surface area (Å²) in [5.74, 6) is 2.54. The van der Waals surface area contributed by atoms with E-state index in [0.717, 1.165) is 0 Å². The fourth-order valence-corrected chi connectivity index (χ4v) is 1.93. The van der Waals surface area contributed by atoms with E-state index in [4.69, 9.17) is 5.41 Å². The maximum atomic E-state index is 7.68. The van der Waals surface area contributed by atoms with Crippen LogP contribution >= 0.6 is 0 Å². The SMILES string of the molecule is CNCC(=N)CNc1n[nH]c(Cc2nnc(Nc3n[nH]c(C)n3)nn2)n1. The molecular formula is C12H18N14. The number of aryl methyl sites for hydroxylation is 1. The van der Waals surface area contributed by atoms with Crippen molar-refractivity contribution in [1.29, 1.82) is 5.41 Å². The molecule has 3 rings (SSSR count). The van der Waals surface area contributed by atoms with Gasteiger partial charge in [0.25, 0.3) is 5.95 Å². The molecule has 14 heteroatoms. The number of aromatic amines is 2. The van der Waals surface area contributed by atoms with Crippen LogP contribution in [0.2, 0.25) is 0 Å². The molecule has 136 valence electrons. The number of nitrogens with zero attached hydrogens (tertiary/aromatic N) is 8. The molecule has 3 aromatic heterocycles. The molecule has 26 heavy (non-hydrogen) atoms. The molecule has 0 saturated carbocycles. The van der Waals surface area contributed by atoms with Crippen molar-refractivity contribution in [2.45, 2.75) is 13.3 Å². The van der Waals surface area contributed by atoms with E-state index in [1.54, 1.807) is 14.0 Å². The number of H-pyrrole nitrogens is 2. The first-order chi connectivity index (χ1) is 12.6. The Balaban J connectivity index is 1.53. The number of hydrogen-bond acceptors (Lipinski definition) is 12. The van der Waals surface area contributed by atoms with Gasteiger partial charge in [-0.1, -0.05) is 0 Å². The molecule has 3 aromatic rings. The average Bonchev–Trinajstić information content (AvgIpc) is 3.24. The Bertz CT molecular complexity index is 849. The van der Waals surface area contributed by atoms with Crippen molar-refractivity contribution in [3.8, 4) is 0 Å². The van der Waals surface area contributed by atoms with Gasteiger partial charge in [0.15, 0.2) is 5.82 Å². The Morgan fingerprint density at radius 2 is 1.73 bits per heavy atom. The highest BCUT2D eigenvalue weighted by molar-refractivity contribution is 5.86. The summed E-state index contributed by atoms with van der Waals surface area (Å²) < 4.78 is 0. The van der Waals surface area contributed by atoms with Gasteiger partial charge in [-0.2, -0.15) is 9.97 Å². The zero-order valence-electron chi connectivity index (χ0n) is 14.2. The highest BCUT2D eigenvalue weighted by atomic mass is 15.4. The van der Waals surface area contributed by atoms with Crippen molar-refractivity contribution in [2.75, 3.05) is 30.8 Å². The van der Waals surface area contributed by atoms with E-state index >= 15 is 0 Å². The lowest BCUT2D eigenvalue weighted by Crippen LogP contribution is -2.24. The normalized spacial score (nSPS) is 10.7. The second-order valence-corrected chi connectivity index (χ2v) is 5.28. The van der Waals surface area contributed by atoms with Gasteiger partial charge in [0, 0.05) is 12.3 Å². The Labute approximate surface area is 147 Å². The van der Waals surface area contributed by atoms with Crippen LogP contribution in [-0.4, -0.2) is 76.6 Å². The van der Waals surface area contributed by atoms with Gasteiger partial charge in [0.2, 0.25) is 11.9 Å². The van der Waals surface area contributed by atoms with Gasteiger partial charge in [-0.25, -0.2) is 0 Å². The van der Waals surface area contributed by atoms with E-state index < -0.39 is 0 Å². The van der Waals surface area contributed by atoms with E-state index in [1.165, 1.54) is 0 Å². The number of nitrogens with one attached hydrogen (secondary N) is 6. The molecular weight excluding hydrogens is 340 g/mol. The molecule has 6 N–H and O–H groups in total. The van der Waals surface area contributed by atoms with Crippen LogP contribution in [0.25, 0.3) is 0 Å². The summed E-state index contributed by atoms with van der Waals surface area (Å²) >= 11 is 0. The van der Waals surface area contributed by atoms with E-state index in [1.807, 2.05) is 0 Å². The summed E-state index contributed by atoms with van der Waals surface area (Å²) in [6.45, 7) is 2.64. The third-order valence-electron chi connectivity index (χ3n) is 3.05. The molecule has 0 bridgehead atoms. The Morgan fingerprint density at radius 1 is 0.962 bits per heavy atom. The van der Waals surface area contributed by atoms with Crippen molar-refractivity contribution in [3.63, 3.8) is 0 Å². The van der Waals surface area contributed by atoms with Crippen molar-refractivity contribution < 1.29 is 0 Å². The molecule has 0 amide bonds. The van der Waals surface area contributed by atoms with Crippen molar-refractivity contribution in [2.24, 2.45) is 0 Å². The van der Waals surface area contributed by atoms with Crippen LogP contribution < -0.4 is 16.0 Å². The maximum Gasteiger partial charge on any atom is 0.268 e. The predicted molar refractivity (Wildman–Crippen MR) is 91.4 cm³/mol. The minimum Gasteiger partial charge on any atom is -0.348 e. The van der Waals surface area contributed by atoms with Crippen molar-refractivity contribution in [3.05, 3.63) is 17.5 Å². The van der Waals surface area contributed by atoms with Crippen LogP contribution in [0.4, 0.5) is 17.8 Å². The number of rotatable bonds is 9. The number of hydrogen-bond donors (Lipinski definition) is 6. The summed E-state index contributed by atoms with van der Waals surface area (Å²) in [6.07, 6.45) is 0.294. The predicted octanol–water partition coefficient (Wildman–Crippen LogP) is -1.20. The largest absolute Gasteiger partial charge is 0.348 e. The minimum atomic E-state index is 0.190. The number of aromatic nitrogens is 10. The lowest BCUT2D eigenvalue weighted by Gasteiger charge is -2.02. The fraction of sp³-hybridized carbons (Fsp3) is 0.417. The van der Waals surface area contributed by atoms with Gasteiger partial charge >= 0.3 is 0 Å². The number of anilines is 3. The Kier molecular flexibility index (Phi) is 5.33. The highest BCUT2D eigenvalue weighted by Crippen LogP contribution is 2.06. The third-order valence-corrected chi connectivity index (χ3v) is 3.05. The molecule has 0 aliphatic rings. The topological polar surface area (TPSA) is 195 Å². The molecule has 0 radical (unpaired) electrons. The van der Waals surface area contributed by atoms with Gasteiger partial charge in [-0.3, -0.25) is 15.5 Å². The van der Waals surface area contributed by atoms with Gasteiger partial charge in [0.1, 0.15) is 11.6 Å². The third kappa shape index (κ3) is 4.73. The molecule has 0 atom stereocenters. The second kappa shape index (κ2) is 8.02. The van der Waals surface area contributed by atoms with E-state index in [-0.39, 0.29) is 5.95 Å². The van der Waals surface area contributed by atoms with Gasteiger partial charge < -0.3 is 16.0 Å². The molecule has 3 heterocycles. The second-order valence-electron chi connectivity index (χ2n) is 5.28. The van der Waals surface area contributed by atoms with E-state index in [0.29, 0.717) is 54.6 Å². The van der Waals surface area contributed by atoms with Gasteiger partial charge in [0.05, 0.1) is 13.0 Å². The average molecular weight is 358 g/mol. The molecule has 0 aliphatic carbocycles. The molecule has 0 saturated heterocycles.